The van der Waals surface area contributed by atoms with Crippen molar-refractivity contribution in [2.45, 2.75) is 32.4 Å². The van der Waals surface area contributed by atoms with E-state index >= 15 is 0 Å². The third-order valence-corrected chi connectivity index (χ3v) is 3.32. The van der Waals surface area contributed by atoms with Crippen molar-refractivity contribution in [2.24, 2.45) is 0 Å². The third-order valence-electron chi connectivity index (χ3n) is 3.32. The highest BCUT2D eigenvalue weighted by molar-refractivity contribution is 6.08. The minimum Gasteiger partial charge on any atom is -0.480 e. The number of nitrogens with one attached hydrogen (secondary N) is 1. The Morgan fingerprint density at radius 2 is 2.05 bits per heavy atom. The van der Waals surface area contributed by atoms with Crippen LogP contribution in [-0.2, 0) is 9.59 Å². The van der Waals surface area contributed by atoms with Crippen molar-refractivity contribution in [1.82, 2.24) is 0 Å². The Balaban J connectivity index is 2.58. The van der Waals surface area contributed by atoms with Gasteiger partial charge in [-0.2, -0.15) is 0 Å². The van der Waals surface area contributed by atoms with E-state index < -0.39 is 35.6 Å². The molecule has 20 heavy (non-hydrogen) atoms. The molecule has 0 bridgehead atoms. The molecule has 2 N–H and O–H groups in total. The first kappa shape index (κ1) is 14.2. The molecule has 1 aliphatic rings. The summed E-state index contributed by atoms with van der Waals surface area (Å²) < 4.78 is 26.6. The number of anilines is 2. The summed E-state index contributed by atoms with van der Waals surface area (Å²) in [6, 6.07) is -0.0567. The summed E-state index contributed by atoms with van der Waals surface area (Å²) in [6.07, 6.45) is 0.403. The van der Waals surface area contributed by atoms with E-state index in [4.69, 9.17) is 5.11 Å². The molecule has 0 fully saturated rings. The zero-order chi connectivity index (χ0) is 15.0. The van der Waals surface area contributed by atoms with Crippen LogP contribution in [0.2, 0.25) is 0 Å². The largest absolute Gasteiger partial charge is 0.480 e. The smallest absolute Gasteiger partial charge is 0.326 e. The predicted molar refractivity (Wildman–Crippen MR) is 68.6 cm³/mol. The number of rotatable bonds is 3. The number of aliphatic carboxylic acids is 1. The molecule has 0 aliphatic carbocycles. The second-order valence-electron chi connectivity index (χ2n) is 4.61. The van der Waals surface area contributed by atoms with E-state index in [1.807, 2.05) is 0 Å². The maximum absolute atomic E-state index is 13.4. The van der Waals surface area contributed by atoms with Crippen LogP contribution in [0.15, 0.2) is 12.1 Å². The van der Waals surface area contributed by atoms with Crippen LogP contribution in [0.1, 0.15) is 20.3 Å². The highest BCUT2D eigenvalue weighted by atomic mass is 19.2. The van der Waals surface area contributed by atoms with Crippen molar-refractivity contribution in [1.29, 1.82) is 0 Å². The highest BCUT2D eigenvalue weighted by Gasteiger charge is 2.37. The molecule has 0 saturated carbocycles. The Kier molecular flexibility index (Phi) is 3.61. The summed E-state index contributed by atoms with van der Waals surface area (Å²) in [5.41, 5.74) is 0.247. The van der Waals surface area contributed by atoms with Gasteiger partial charge in [-0.1, -0.05) is 6.92 Å². The molecule has 1 aromatic carbocycles. The lowest BCUT2D eigenvalue weighted by molar-refractivity contribution is -0.139. The van der Waals surface area contributed by atoms with Gasteiger partial charge in [0.05, 0.1) is 11.4 Å². The molecule has 5 nitrogen and oxygen atoms in total. The third kappa shape index (κ3) is 2.19. The predicted octanol–water partition coefficient (Wildman–Crippen LogP) is 1.97. The molecular weight excluding hydrogens is 270 g/mol. The van der Waals surface area contributed by atoms with E-state index in [9.17, 15) is 18.4 Å². The fraction of sp³-hybridized carbons (Fsp3) is 0.385. The van der Waals surface area contributed by atoms with Crippen LogP contribution in [0.3, 0.4) is 0 Å². The number of halogens is 2. The van der Waals surface area contributed by atoms with Gasteiger partial charge < -0.3 is 10.4 Å². The number of carbonyl (C=O) groups is 2. The normalized spacial score (nSPS) is 19.3. The first-order valence-corrected chi connectivity index (χ1v) is 6.18. The summed E-state index contributed by atoms with van der Waals surface area (Å²) >= 11 is 0. The quantitative estimate of drug-likeness (QED) is 0.890. The molecule has 0 aromatic heterocycles. The Labute approximate surface area is 114 Å². The molecule has 1 aliphatic heterocycles. The summed E-state index contributed by atoms with van der Waals surface area (Å²) in [6.45, 7) is 3.06. The van der Waals surface area contributed by atoms with Gasteiger partial charge in [-0.05, 0) is 13.3 Å². The van der Waals surface area contributed by atoms with Crippen LogP contribution in [0.4, 0.5) is 20.2 Å². The second-order valence-corrected chi connectivity index (χ2v) is 4.61. The monoisotopic (exact) mass is 284 g/mol. The topological polar surface area (TPSA) is 69.6 Å². The van der Waals surface area contributed by atoms with Gasteiger partial charge in [0.15, 0.2) is 11.6 Å². The summed E-state index contributed by atoms with van der Waals surface area (Å²) in [5, 5.41) is 11.9. The van der Waals surface area contributed by atoms with Crippen LogP contribution in [-0.4, -0.2) is 29.1 Å². The SMILES string of the molecule is CCC1Nc2cc(F)c(F)cc2N(C(C)C(=O)O)C1=O. The minimum absolute atomic E-state index is 0.0356. The number of hydrogen-bond acceptors (Lipinski definition) is 3. The van der Waals surface area contributed by atoms with Crippen molar-refractivity contribution in [3.05, 3.63) is 23.8 Å². The lowest BCUT2D eigenvalue weighted by atomic mass is 10.0. The van der Waals surface area contributed by atoms with E-state index in [-0.39, 0.29) is 11.4 Å². The van der Waals surface area contributed by atoms with Gasteiger partial charge in [0, 0.05) is 12.1 Å². The fourth-order valence-corrected chi connectivity index (χ4v) is 2.17. The molecule has 2 unspecified atom stereocenters. The maximum atomic E-state index is 13.4. The molecule has 2 rings (SSSR count). The fourth-order valence-electron chi connectivity index (χ4n) is 2.17. The van der Waals surface area contributed by atoms with Crippen molar-refractivity contribution >= 4 is 23.3 Å². The summed E-state index contributed by atoms with van der Waals surface area (Å²) in [5.74, 6) is -3.87. The molecule has 7 heteroatoms. The molecule has 1 amide bonds. The molecule has 0 spiro atoms. The molecular formula is C13H14F2N2O3. The van der Waals surface area contributed by atoms with Crippen LogP contribution in [0, 0.1) is 11.6 Å². The van der Waals surface area contributed by atoms with Crippen LogP contribution in [0.5, 0.6) is 0 Å². The van der Waals surface area contributed by atoms with Crippen LogP contribution < -0.4 is 10.2 Å². The standard InChI is InChI=1S/C13H14F2N2O3/c1-3-9-12(18)17(6(2)13(19)20)11-5-8(15)7(14)4-10(11)16-9/h4-6,9,16H,3H2,1-2H3,(H,19,20). The van der Waals surface area contributed by atoms with Gasteiger partial charge in [0.25, 0.3) is 0 Å². The highest BCUT2D eigenvalue weighted by Crippen LogP contribution is 2.35. The average molecular weight is 284 g/mol. The van der Waals surface area contributed by atoms with Gasteiger partial charge in [0.2, 0.25) is 5.91 Å². The Morgan fingerprint density at radius 1 is 1.45 bits per heavy atom. The van der Waals surface area contributed by atoms with Gasteiger partial charge in [0.1, 0.15) is 12.1 Å². The molecule has 0 radical (unpaired) electrons. The Hall–Kier alpha value is -2.18. The molecule has 1 heterocycles. The number of carboxylic acids is 1. The average Bonchev–Trinajstić information content (AvgIpc) is 2.39. The molecule has 2 atom stereocenters. The first-order chi connectivity index (χ1) is 9.36. The number of amides is 1. The molecule has 1 aromatic rings. The number of benzene rings is 1. The van der Waals surface area contributed by atoms with Crippen molar-refractivity contribution < 1.29 is 23.5 Å². The number of hydrogen-bond donors (Lipinski definition) is 2. The van der Waals surface area contributed by atoms with Crippen LogP contribution in [0.25, 0.3) is 0 Å². The zero-order valence-electron chi connectivity index (χ0n) is 11.0. The Bertz CT molecular complexity index is 577. The maximum Gasteiger partial charge on any atom is 0.326 e. The summed E-state index contributed by atoms with van der Waals surface area (Å²) in [4.78, 5) is 24.4. The molecule has 0 saturated heterocycles. The van der Waals surface area contributed by atoms with Gasteiger partial charge in [-0.3, -0.25) is 9.69 Å². The number of nitrogens with zero attached hydrogens (tertiary/aromatic N) is 1. The second kappa shape index (κ2) is 5.07. The van der Waals surface area contributed by atoms with E-state index in [2.05, 4.69) is 5.32 Å². The number of carboxylic acid groups (broad SMARTS) is 1. The lowest BCUT2D eigenvalue weighted by Gasteiger charge is -2.37. The first-order valence-electron chi connectivity index (χ1n) is 6.18. The van der Waals surface area contributed by atoms with E-state index in [0.29, 0.717) is 6.42 Å². The van der Waals surface area contributed by atoms with E-state index in [1.54, 1.807) is 6.92 Å². The van der Waals surface area contributed by atoms with Crippen LogP contribution >= 0.6 is 0 Å². The Morgan fingerprint density at radius 3 is 2.60 bits per heavy atom. The number of carbonyl (C=O) groups excluding carboxylic acids is 1. The van der Waals surface area contributed by atoms with Crippen molar-refractivity contribution in [3.8, 4) is 0 Å². The zero-order valence-corrected chi connectivity index (χ0v) is 11.0. The lowest BCUT2D eigenvalue weighted by Crippen LogP contribution is -2.53. The van der Waals surface area contributed by atoms with Gasteiger partial charge in [-0.25, -0.2) is 13.6 Å². The van der Waals surface area contributed by atoms with E-state index in [0.717, 1.165) is 17.0 Å². The minimum atomic E-state index is -1.22. The van der Waals surface area contributed by atoms with Gasteiger partial charge in [-0.15, -0.1) is 0 Å². The van der Waals surface area contributed by atoms with E-state index in [1.165, 1.54) is 6.92 Å². The van der Waals surface area contributed by atoms with Crippen molar-refractivity contribution in [3.63, 3.8) is 0 Å². The number of fused-ring (bicyclic) bond motifs is 1. The van der Waals surface area contributed by atoms with Gasteiger partial charge >= 0.3 is 5.97 Å². The van der Waals surface area contributed by atoms with Crippen molar-refractivity contribution in [2.75, 3.05) is 10.2 Å². The molecule has 108 valence electrons. The summed E-state index contributed by atoms with van der Waals surface area (Å²) in [7, 11) is 0.